The predicted octanol–water partition coefficient (Wildman–Crippen LogP) is 0.0116. The highest BCUT2D eigenvalue weighted by atomic mass is 16.6. The number of hydrogen-bond donors (Lipinski definition) is 1. The van der Waals surface area contributed by atoms with Crippen LogP contribution in [0.4, 0.5) is 4.79 Å². The van der Waals surface area contributed by atoms with Gasteiger partial charge in [-0.05, 0) is 0 Å². The van der Waals surface area contributed by atoms with Gasteiger partial charge in [-0.2, -0.15) is 0 Å². The van der Waals surface area contributed by atoms with E-state index in [4.69, 9.17) is 14.6 Å². The van der Waals surface area contributed by atoms with Crippen molar-refractivity contribution < 1.29 is 19.4 Å². The van der Waals surface area contributed by atoms with E-state index in [0.29, 0.717) is 26.4 Å². The van der Waals surface area contributed by atoms with Crippen LogP contribution in [0.15, 0.2) is 0 Å². The van der Waals surface area contributed by atoms with E-state index >= 15 is 0 Å². The van der Waals surface area contributed by atoms with Crippen LogP contribution in [0.1, 0.15) is 0 Å². The molecule has 0 aromatic carbocycles. The lowest BCUT2D eigenvalue weighted by Gasteiger charge is -2.25. The van der Waals surface area contributed by atoms with Gasteiger partial charge < -0.3 is 19.5 Å². The van der Waals surface area contributed by atoms with Gasteiger partial charge in [-0.15, -0.1) is 0 Å². The number of rotatable bonds is 2. The summed E-state index contributed by atoms with van der Waals surface area (Å²) in [7, 11) is 1.51. The van der Waals surface area contributed by atoms with Gasteiger partial charge in [0.15, 0.2) is 0 Å². The topological polar surface area (TPSA) is 59.0 Å². The van der Waals surface area contributed by atoms with Gasteiger partial charge in [0.1, 0.15) is 0 Å². The van der Waals surface area contributed by atoms with Gasteiger partial charge in [-0.1, -0.05) is 0 Å². The minimum absolute atomic E-state index is 0.111. The largest absolute Gasteiger partial charge is 0.465 e. The van der Waals surface area contributed by atoms with Gasteiger partial charge in [0.05, 0.1) is 32.5 Å². The fourth-order valence-corrected chi connectivity index (χ4v) is 1.03. The molecule has 1 atom stereocenters. The van der Waals surface area contributed by atoms with Gasteiger partial charge in [-0.25, -0.2) is 4.79 Å². The summed E-state index contributed by atoms with van der Waals surface area (Å²) in [6.07, 6.45) is -1.05. The monoisotopic (exact) mass is 175 g/mol. The third-order valence-electron chi connectivity index (χ3n) is 1.69. The normalized spacial score (nSPS) is 23.6. The van der Waals surface area contributed by atoms with E-state index in [1.54, 1.807) is 0 Å². The summed E-state index contributed by atoms with van der Waals surface area (Å²) in [5.74, 6) is 0. The molecule has 0 spiro atoms. The molecule has 5 nitrogen and oxygen atoms in total. The van der Waals surface area contributed by atoms with Gasteiger partial charge in [-0.3, -0.25) is 0 Å². The number of hydrogen-bond acceptors (Lipinski definition) is 3. The molecule has 1 N–H and O–H groups in total. The maximum absolute atomic E-state index is 10.4. The number of nitrogens with zero attached hydrogens (tertiary/aromatic N) is 1. The molecule has 0 radical (unpaired) electrons. The Morgan fingerprint density at radius 1 is 1.67 bits per heavy atom. The first-order chi connectivity index (χ1) is 5.70. The molecule has 0 saturated carbocycles. The van der Waals surface area contributed by atoms with Crippen LogP contribution in [0.25, 0.3) is 0 Å². The average molecular weight is 175 g/mol. The van der Waals surface area contributed by atoms with Crippen LogP contribution in [-0.2, 0) is 9.47 Å². The third kappa shape index (κ3) is 2.67. The van der Waals surface area contributed by atoms with E-state index in [0.717, 1.165) is 0 Å². The lowest BCUT2D eigenvalue weighted by Crippen LogP contribution is -2.40. The molecule has 0 aromatic heterocycles. The molecule has 1 saturated heterocycles. The van der Waals surface area contributed by atoms with Crippen molar-refractivity contribution in [1.29, 1.82) is 0 Å². The highest BCUT2D eigenvalue weighted by molar-refractivity contribution is 5.64. The third-order valence-corrected chi connectivity index (χ3v) is 1.69. The SMILES string of the molecule is CN(CC1COCCO1)C(=O)O. The number of amides is 1. The molecule has 5 heteroatoms. The Morgan fingerprint density at radius 2 is 2.42 bits per heavy atom. The summed E-state index contributed by atoms with van der Waals surface area (Å²) in [5, 5.41) is 8.54. The van der Waals surface area contributed by atoms with Crippen molar-refractivity contribution in [2.24, 2.45) is 0 Å². The quantitative estimate of drug-likeness (QED) is 0.642. The first-order valence-corrected chi connectivity index (χ1v) is 3.83. The maximum Gasteiger partial charge on any atom is 0.407 e. The van der Waals surface area contributed by atoms with Gasteiger partial charge in [0.2, 0.25) is 0 Å². The predicted molar refractivity (Wildman–Crippen MR) is 41.2 cm³/mol. The van der Waals surface area contributed by atoms with Crippen LogP contribution in [0, 0.1) is 0 Å². The van der Waals surface area contributed by atoms with Crippen LogP contribution in [-0.4, -0.2) is 55.6 Å². The number of ether oxygens (including phenoxy) is 2. The van der Waals surface area contributed by atoms with Crippen molar-refractivity contribution in [2.45, 2.75) is 6.10 Å². The Labute approximate surface area is 70.9 Å². The standard InChI is InChI=1S/C7H13NO4/c1-8(7(9)10)4-6-5-11-2-3-12-6/h6H,2-5H2,1H3,(H,9,10). The first-order valence-electron chi connectivity index (χ1n) is 3.83. The molecule has 0 aliphatic carbocycles. The van der Waals surface area contributed by atoms with E-state index < -0.39 is 6.09 Å². The Bertz CT molecular complexity index is 155. The summed E-state index contributed by atoms with van der Waals surface area (Å²) < 4.78 is 10.4. The van der Waals surface area contributed by atoms with Crippen molar-refractivity contribution in [2.75, 3.05) is 33.4 Å². The number of carbonyl (C=O) groups is 1. The van der Waals surface area contributed by atoms with Gasteiger partial charge in [0.25, 0.3) is 0 Å². The van der Waals surface area contributed by atoms with Crippen molar-refractivity contribution in [1.82, 2.24) is 4.90 Å². The number of likely N-dealkylation sites (N-methyl/N-ethyl adjacent to an activating group) is 1. The van der Waals surface area contributed by atoms with Crippen LogP contribution >= 0.6 is 0 Å². The zero-order valence-corrected chi connectivity index (χ0v) is 7.02. The lowest BCUT2D eigenvalue weighted by molar-refractivity contribution is -0.0938. The molecule has 1 aliphatic heterocycles. The average Bonchev–Trinajstić information content (AvgIpc) is 2.06. The van der Waals surface area contributed by atoms with Crippen molar-refractivity contribution >= 4 is 6.09 Å². The van der Waals surface area contributed by atoms with E-state index in [1.165, 1.54) is 11.9 Å². The Morgan fingerprint density at radius 3 is 2.92 bits per heavy atom. The van der Waals surface area contributed by atoms with Crippen LogP contribution in [0.3, 0.4) is 0 Å². The van der Waals surface area contributed by atoms with E-state index in [2.05, 4.69) is 0 Å². The van der Waals surface area contributed by atoms with E-state index in [9.17, 15) is 4.79 Å². The van der Waals surface area contributed by atoms with Crippen LogP contribution < -0.4 is 0 Å². The molecule has 70 valence electrons. The molecule has 1 rings (SSSR count). The molecule has 1 aliphatic rings. The maximum atomic E-state index is 10.4. The smallest absolute Gasteiger partial charge is 0.407 e. The first kappa shape index (κ1) is 9.28. The molecule has 12 heavy (non-hydrogen) atoms. The Balaban J connectivity index is 2.24. The van der Waals surface area contributed by atoms with Crippen molar-refractivity contribution in [3.63, 3.8) is 0 Å². The molecular weight excluding hydrogens is 162 g/mol. The molecule has 1 heterocycles. The second kappa shape index (κ2) is 4.27. The highest BCUT2D eigenvalue weighted by Gasteiger charge is 2.18. The van der Waals surface area contributed by atoms with E-state index in [-0.39, 0.29) is 6.10 Å². The fraction of sp³-hybridized carbons (Fsp3) is 0.857. The fourth-order valence-electron chi connectivity index (χ4n) is 1.03. The molecule has 1 unspecified atom stereocenters. The Kier molecular flexibility index (Phi) is 3.31. The lowest BCUT2D eigenvalue weighted by atomic mass is 10.3. The van der Waals surface area contributed by atoms with Crippen molar-refractivity contribution in [3.05, 3.63) is 0 Å². The Hall–Kier alpha value is -0.810. The van der Waals surface area contributed by atoms with Crippen LogP contribution in [0.2, 0.25) is 0 Å². The summed E-state index contributed by atoms with van der Waals surface area (Å²) in [6, 6.07) is 0. The molecule has 0 bridgehead atoms. The minimum Gasteiger partial charge on any atom is -0.465 e. The number of carboxylic acid groups (broad SMARTS) is 1. The van der Waals surface area contributed by atoms with Gasteiger partial charge in [0, 0.05) is 7.05 Å². The zero-order chi connectivity index (χ0) is 8.97. The molecule has 1 amide bonds. The highest BCUT2D eigenvalue weighted by Crippen LogP contribution is 2.02. The minimum atomic E-state index is -0.941. The second-order valence-corrected chi connectivity index (χ2v) is 2.73. The van der Waals surface area contributed by atoms with E-state index in [1.807, 2.05) is 0 Å². The summed E-state index contributed by atoms with van der Waals surface area (Å²) in [6.45, 7) is 2.01. The van der Waals surface area contributed by atoms with Crippen molar-refractivity contribution in [3.8, 4) is 0 Å². The second-order valence-electron chi connectivity index (χ2n) is 2.73. The molecular formula is C7H13NO4. The van der Waals surface area contributed by atoms with Crippen LogP contribution in [0.5, 0.6) is 0 Å². The molecule has 0 aromatic rings. The van der Waals surface area contributed by atoms with Gasteiger partial charge >= 0.3 is 6.09 Å². The summed E-state index contributed by atoms with van der Waals surface area (Å²) in [5.41, 5.74) is 0. The molecule has 1 fully saturated rings. The zero-order valence-electron chi connectivity index (χ0n) is 7.02. The summed E-state index contributed by atoms with van der Waals surface area (Å²) >= 11 is 0. The summed E-state index contributed by atoms with van der Waals surface area (Å²) in [4.78, 5) is 11.6.